The van der Waals surface area contributed by atoms with E-state index in [2.05, 4.69) is 17.1 Å². The number of carbonyl (C=O) groups excluding carboxylic acids is 1. The van der Waals surface area contributed by atoms with Crippen LogP contribution in [0.5, 0.6) is 0 Å². The fourth-order valence-corrected chi connectivity index (χ4v) is 2.16. The maximum Gasteiger partial charge on any atom is 0.234 e. The predicted octanol–water partition coefficient (Wildman–Crippen LogP) is 2.23. The summed E-state index contributed by atoms with van der Waals surface area (Å²) >= 11 is 1.79. The summed E-state index contributed by atoms with van der Waals surface area (Å²) in [5, 5.41) is 3.86. The third-order valence-electron chi connectivity index (χ3n) is 2.45. The number of ketones is 1. The van der Waals surface area contributed by atoms with Gasteiger partial charge in [0.25, 0.3) is 0 Å². The lowest BCUT2D eigenvalue weighted by Gasteiger charge is -1.92. The molecule has 0 aromatic carbocycles. The Morgan fingerprint density at radius 2 is 2.38 bits per heavy atom. The van der Waals surface area contributed by atoms with Crippen LogP contribution < -0.4 is 0 Å². The lowest BCUT2D eigenvalue weighted by molar-refractivity contribution is -0.119. The molecule has 0 saturated heterocycles. The van der Waals surface area contributed by atoms with Crippen molar-refractivity contribution in [2.75, 3.05) is 5.75 Å². The van der Waals surface area contributed by atoms with Gasteiger partial charge >= 0.3 is 0 Å². The Bertz CT molecular complexity index is 361. The molecule has 5 heteroatoms. The van der Waals surface area contributed by atoms with Gasteiger partial charge in [-0.05, 0) is 25.0 Å². The minimum Gasteiger partial charge on any atom is -0.339 e. The Morgan fingerprint density at radius 3 is 3.06 bits per heavy atom. The third-order valence-corrected chi connectivity index (χ3v) is 3.61. The largest absolute Gasteiger partial charge is 0.339 e. The van der Waals surface area contributed by atoms with Crippen LogP contribution in [0.1, 0.15) is 37.9 Å². The highest BCUT2D eigenvalue weighted by Crippen LogP contribution is 2.30. The van der Waals surface area contributed by atoms with Crippen LogP contribution in [0.2, 0.25) is 0 Å². The second-order valence-corrected chi connectivity index (χ2v) is 5.18. The van der Waals surface area contributed by atoms with Crippen molar-refractivity contribution in [3.8, 4) is 0 Å². The minimum absolute atomic E-state index is 0.247. The molecule has 88 valence electrons. The van der Waals surface area contributed by atoms with Crippen molar-refractivity contribution in [1.29, 1.82) is 0 Å². The fraction of sp³-hybridized carbons (Fsp3) is 0.727. The van der Waals surface area contributed by atoms with Gasteiger partial charge in [-0.1, -0.05) is 12.1 Å². The molecule has 0 spiro atoms. The molecule has 0 aliphatic heterocycles. The van der Waals surface area contributed by atoms with Crippen molar-refractivity contribution in [3.63, 3.8) is 0 Å². The van der Waals surface area contributed by atoms with Gasteiger partial charge in [0.15, 0.2) is 5.82 Å². The normalized spacial score (nSPS) is 15.3. The quantitative estimate of drug-likeness (QED) is 0.684. The van der Waals surface area contributed by atoms with E-state index < -0.39 is 0 Å². The van der Waals surface area contributed by atoms with E-state index in [4.69, 9.17) is 4.52 Å². The summed E-state index contributed by atoms with van der Waals surface area (Å²) in [5.41, 5.74) is 0. The molecule has 0 radical (unpaired) electrons. The van der Waals surface area contributed by atoms with Crippen molar-refractivity contribution in [2.45, 2.75) is 38.4 Å². The van der Waals surface area contributed by atoms with E-state index in [0.717, 1.165) is 30.8 Å². The maximum atomic E-state index is 11.5. The number of hydrogen-bond donors (Lipinski definition) is 0. The topological polar surface area (TPSA) is 56.0 Å². The first-order valence-corrected chi connectivity index (χ1v) is 6.87. The molecule has 0 amide bonds. The summed E-state index contributed by atoms with van der Waals surface area (Å²) in [5.74, 6) is 3.57. The second kappa shape index (κ2) is 5.48. The van der Waals surface area contributed by atoms with Crippen molar-refractivity contribution in [1.82, 2.24) is 10.1 Å². The highest BCUT2D eigenvalue weighted by atomic mass is 32.2. The van der Waals surface area contributed by atoms with Crippen LogP contribution in [0.25, 0.3) is 0 Å². The van der Waals surface area contributed by atoms with Crippen LogP contribution in [0.4, 0.5) is 0 Å². The van der Waals surface area contributed by atoms with Crippen LogP contribution in [0.15, 0.2) is 4.52 Å². The molecular weight excluding hydrogens is 224 g/mol. The van der Waals surface area contributed by atoms with E-state index in [-0.39, 0.29) is 11.7 Å². The summed E-state index contributed by atoms with van der Waals surface area (Å²) in [6, 6.07) is 0. The summed E-state index contributed by atoms with van der Waals surface area (Å²) in [4.78, 5) is 15.7. The zero-order valence-corrected chi connectivity index (χ0v) is 10.3. The van der Waals surface area contributed by atoms with Gasteiger partial charge in [-0.3, -0.25) is 4.79 Å². The minimum atomic E-state index is 0.247. The van der Waals surface area contributed by atoms with E-state index in [1.165, 1.54) is 0 Å². The van der Waals surface area contributed by atoms with Gasteiger partial charge in [-0.2, -0.15) is 16.7 Å². The molecule has 0 N–H and O–H groups in total. The van der Waals surface area contributed by atoms with Gasteiger partial charge in [0.2, 0.25) is 5.89 Å². The summed E-state index contributed by atoms with van der Waals surface area (Å²) in [7, 11) is 0. The average molecular weight is 240 g/mol. The number of aromatic nitrogens is 2. The van der Waals surface area contributed by atoms with Crippen molar-refractivity contribution >= 4 is 17.5 Å². The highest BCUT2D eigenvalue weighted by molar-refractivity contribution is 7.98. The molecule has 1 saturated carbocycles. The molecule has 1 aromatic heterocycles. The number of hydrogen-bond acceptors (Lipinski definition) is 5. The predicted molar refractivity (Wildman–Crippen MR) is 62.2 cm³/mol. The first kappa shape index (κ1) is 11.6. The van der Waals surface area contributed by atoms with E-state index in [1.54, 1.807) is 11.8 Å². The SMILES string of the molecule is CCCSCc1noc(CC(=O)C2CC2)n1. The van der Waals surface area contributed by atoms with Gasteiger partial charge in [0.1, 0.15) is 5.78 Å². The van der Waals surface area contributed by atoms with Gasteiger partial charge in [-0.15, -0.1) is 0 Å². The van der Waals surface area contributed by atoms with Crippen molar-refractivity contribution < 1.29 is 9.32 Å². The number of rotatable bonds is 7. The lowest BCUT2D eigenvalue weighted by Crippen LogP contribution is -2.04. The Hall–Kier alpha value is -0.840. The Labute approximate surface area is 99.2 Å². The smallest absolute Gasteiger partial charge is 0.234 e. The summed E-state index contributed by atoms with van der Waals surface area (Å²) in [6.07, 6.45) is 3.53. The number of thioether (sulfide) groups is 1. The molecule has 0 bridgehead atoms. The highest BCUT2D eigenvalue weighted by Gasteiger charge is 2.30. The fourth-order valence-electron chi connectivity index (χ4n) is 1.43. The van der Waals surface area contributed by atoms with Crippen LogP contribution in [-0.2, 0) is 17.0 Å². The van der Waals surface area contributed by atoms with Gasteiger partial charge in [0, 0.05) is 5.92 Å². The number of nitrogens with zero attached hydrogens (tertiary/aromatic N) is 2. The van der Waals surface area contributed by atoms with Gasteiger partial charge < -0.3 is 4.52 Å². The molecule has 1 fully saturated rings. The summed E-state index contributed by atoms with van der Waals surface area (Å²) in [6.45, 7) is 2.14. The lowest BCUT2D eigenvalue weighted by atomic mass is 10.2. The van der Waals surface area contributed by atoms with Crippen molar-refractivity contribution in [2.24, 2.45) is 5.92 Å². The third kappa shape index (κ3) is 3.33. The van der Waals surface area contributed by atoms with E-state index >= 15 is 0 Å². The molecule has 1 aromatic rings. The maximum absolute atomic E-state index is 11.5. The molecule has 4 nitrogen and oxygen atoms in total. The van der Waals surface area contributed by atoms with E-state index in [9.17, 15) is 4.79 Å². The first-order chi connectivity index (χ1) is 7.79. The zero-order valence-electron chi connectivity index (χ0n) is 9.44. The first-order valence-electron chi connectivity index (χ1n) is 5.71. The Kier molecular flexibility index (Phi) is 3.98. The monoisotopic (exact) mass is 240 g/mol. The Balaban J connectivity index is 1.79. The standard InChI is InChI=1S/C11H16N2O2S/c1-2-5-16-7-10-12-11(15-13-10)6-9(14)8-3-4-8/h8H,2-7H2,1H3. The van der Waals surface area contributed by atoms with Gasteiger partial charge in [0.05, 0.1) is 12.2 Å². The van der Waals surface area contributed by atoms with Crippen LogP contribution in [0, 0.1) is 5.92 Å². The average Bonchev–Trinajstić information content (AvgIpc) is 3.03. The zero-order chi connectivity index (χ0) is 11.4. The summed E-state index contributed by atoms with van der Waals surface area (Å²) < 4.78 is 5.05. The molecule has 0 atom stereocenters. The molecule has 1 heterocycles. The molecule has 2 rings (SSSR count). The molecule has 1 aliphatic rings. The molecular formula is C11H16N2O2S. The van der Waals surface area contributed by atoms with E-state index in [0.29, 0.717) is 18.1 Å². The van der Waals surface area contributed by atoms with Crippen LogP contribution >= 0.6 is 11.8 Å². The second-order valence-electron chi connectivity index (χ2n) is 4.07. The molecule has 16 heavy (non-hydrogen) atoms. The van der Waals surface area contributed by atoms with Crippen LogP contribution in [0.3, 0.4) is 0 Å². The van der Waals surface area contributed by atoms with Crippen molar-refractivity contribution in [3.05, 3.63) is 11.7 Å². The van der Waals surface area contributed by atoms with E-state index in [1.807, 2.05) is 0 Å². The van der Waals surface area contributed by atoms with Gasteiger partial charge in [-0.25, -0.2) is 0 Å². The molecule has 0 unspecified atom stereocenters. The number of Topliss-reactive ketones (excluding diaryl/α,β-unsaturated/α-hetero) is 1. The molecule has 1 aliphatic carbocycles. The van der Waals surface area contributed by atoms with Crippen LogP contribution in [-0.4, -0.2) is 21.7 Å². The Morgan fingerprint density at radius 1 is 1.56 bits per heavy atom. The number of carbonyl (C=O) groups is 1.